The van der Waals surface area contributed by atoms with Crippen LogP contribution < -0.4 is 0 Å². The molecule has 29 heavy (non-hydrogen) atoms. The van der Waals surface area contributed by atoms with E-state index in [-0.39, 0.29) is 16.7 Å². The Hall–Kier alpha value is -2.86. The fourth-order valence-electron chi connectivity index (χ4n) is 3.68. The number of likely N-dealkylation sites (tertiary alicyclic amines) is 1. The molecule has 1 aliphatic heterocycles. The normalized spacial score (nSPS) is 14.4. The third-order valence-electron chi connectivity index (χ3n) is 5.41. The zero-order valence-electron chi connectivity index (χ0n) is 16.4. The lowest BCUT2D eigenvalue weighted by molar-refractivity contribution is -0.135. The predicted octanol–water partition coefficient (Wildman–Crippen LogP) is 4.40. The van der Waals surface area contributed by atoms with Crippen LogP contribution >= 0.6 is 11.6 Å². The molecule has 0 bridgehead atoms. The molecule has 3 heterocycles. The summed E-state index contributed by atoms with van der Waals surface area (Å²) in [4.78, 5) is 27.3. The van der Waals surface area contributed by atoms with Crippen LogP contribution in [0.4, 0.5) is 0 Å². The van der Waals surface area contributed by atoms with Gasteiger partial charge in [0, 0.05) is 36.6 Å². The molecule has 1 aliphatic rings. The molecule has 0 radical (unpaired) electrons. The number of rotatable bonds is 4. The highest BCUT2D eigenvalue weighted by Gasteiger charge is 2.38. The molecule has 1 amide bonds. The fourth-order valence-corrected chi connectivity index (χ4v) is 3.80. The molecule has 1 fully saturated rings. The monoisotopic (exact) mass is 410 g/mol. The number of benzene rings is 1. The first-order valence-electron chi connectivity index (χ1n) is 9.67. The average molecular weight is 411 g/mol. The molecule has 2 aromatic heterocycles. The molecule has 3 aromatic rings. The number of carbonyl (C=O) groups is 1. The fraction of sp³-hybridized carbons (Fsp3) is 0.318. The third-order valence-corrected chi connectivity index (χ3v) is 5.73. The summed E-state index contributed by atoms with van der Waals surface area (Å²) in [6.07, 6.45) is 5.49. The van der Waals surface area contributed by atoms with E-state index in [4.69, 9.17) is 16.6 Å². The molecule has 6 nitrogen and oxygen atoms in total. The van der Waals surface area contributed by atoms with Gasteiger partial charge in [-0.1, -0.05) is 17.7 Å². The number of carbonyl (C=O) groups excluding carboxylic acids is 1. The van der Waals surface area contributed by atoms with E-state index in [0.717, 1.165) is 37.2 Å². The molecule has 2 N–H and O–H groups in total. The first-order chi connectivity index (χ1) is 13.9. The summed E-state index contributed by atoms with van der Waals surface area (Å²) in [6.45, 7) is 5.37. The molecule has 1 saturated heterocycles. The van der Waals surface area contributed by atoms with Crippen LogP contribution in [-0.4, -0.2) is 44.0 Å². The standard InChI is InChI=1S/C22H23ClN4O2/c1-22(2,21(29)27-11-3-4-12-27)20-25-18(14-7-9-24-10-8-14)19(26-20)15-5-6-16(23)17(28)13-15/h5-10,13,28H,3-4,11-12H2,1-2H3,(H,25,26). The van der Waals surface area contributed by atoms with Crippen molar-refractivity contribution in [2.24, 2.45) is 0 Å². The van der Waals surface area contributed by atoms with Crippen LogP contribution in [0.15, 0.2) is 42.7 Å². The molecular weight excluding hydrogens is 388 g/mol. The van der Waals surface area contributed by atoms with Crippen LogP contribution in [0.5, 0.6) is 5.75 Å². The number of amides is 1. The van der Waals surface area contributed by atoms with Gasteiger partial charge in [-0.25, -0.2) is 4.98 Å². The van der Waals surface area contributed by atoms with Gasteiger partial charge in [-0.05, 0) is 51.0 Å². The first-order valence-corrected chi connectivity index (χ1v) is 10.0. The van der Waals surface area contributed by atoms with Gasteiger partial charge in [0.15, 0.2) is 0 Å². The molecular formula is C22H23ClN4O2. The van der Waals surface area contributed by atoms with Gasteiger partial charge in [0.25, 0.3) is 0 Å². The van der Waals surface area contributed by atoms with Gasteiger partial charge in [0.05, 0.1) is 16.4 Å². The van der Waals surface area contributed by atoms with Gasteiger partial charge in [0.1, 0.15) is 17.0 Å². The number of pyridine rings is 1. The second-order valence-corrected chi connectivity index (χ2v) is 8.24. The molecule has 0 atom stereocenters. The number of aromatic hydroxyl groups is 1. The molecule has 0 unspecified atom stereocenters. The minimum atomic E-state index is -0.807. The van der Waals surface area contributed by atoms with E-state index in [1.165, 1.54) is 0 Å². The number of imidazole rings is 1. The quantitative estimate of drug-likeness (QED) is 0.667. The molecule has 4 rings (SSSR count). The first kappa shape index (κ1) is 19.5. The summed E-state index contributed by atoms with van der Waals surface area (Å²) in [6, 6.07) is 8.79. The van der Waals surface area contributed by atoms with Crippen LogP contribution in [0.1, 0.15) is 32.5 Å². The lowest BCUT2D eigenvalue weighted by atomic mass is 9.90. The molecule has 1 aromatic carbocycles. The number of halogens is 1. The Morgan fingerprint density at radius 2 is 1.83 bits per heavy atom. The van der Waals surface area contributed by atoms with Crippen molar-refractivity contribution < 1.29 is 9.90 Å². The van der Waals surface area contributed by atoms with Crippen LogP contribution in [0.25, 0.3) is 22.5 Å². The number of phenolic OH excluding ortho intramolecular Hbond substituents is 1. The number of H-pyrrole nitrogens is 1. The maximum Gasteiger partial charge on any atom is 0.235 e. The van der Waals surface area contributed by atoms with Gasteiger partial charge in [-0.15, -0.1) is 0 Å². The summed E-state index contributed by atoms with van der Waals surface area (Å²) in [5.74, 6) is 0.642. The minimum absolute atomic E-state index is 0.0122. The van der Waals surface area contributed by atoms with Gasteiger partial charge < -0.3 is 15.0 Å². The highest BCUT2D eigenvalue weighted by Crippen LogP contribution is 2.37. The lowest BCUT2D eigenvalue weighted by Crippen LogP contribution is -2.42. The molecule has 0 spiro atoms. The Morgan fingerprint density at radius 3 is 2.48 bits per heavy atom. The SMILES string of the molecule is CC(C)(C(=O)N1CCCC1)c1nc(-c2ccc(Cl)c(O)c2)c(-c2ccncc2)[nH]1. The van der Waals surface area contributed by atoms with Gasteiger partial charge in [0.2, 0.25) is 5.91 Å². The van der Waals surface area contributed by atoms with Crippen LogP contribution in [-0.2, 0) is 10.2 Å². The Morgan fingerprint density at radius 1 is 1.14 bits per heavy atom. The summed E-state index contributed by atoms with van der Waals surface area (Å²) in [5, 5.41) is 10.4. The van der Waals surface area contributed by atoms with Crippen molar-refractivity contribution in [2.75, 3.05) is 13.1 Å². The smallest absolute Gasteiger partial charge is 0.235 e. The van der Waals surface area contributed by atoms with Crippen LogP contribution in [0, 0.1) is 0 Å². The average Bonchev–Trinajstić information content (AvgIpc) is 3.40. The predicted molar refractivity (Wildman–Crippen MR) is 113 cm³/mol. The van der Waals surface area contributed by atoms with E-state index in [1.807, 2.05) is 36.9 Å². The van der Waals surface area contributed by atoms with Gasteiger partial charge in [-0.2, -0.15) is 0 Å². The summed E-state index contributed by atoms with van der Waals surface area (Å²) in [5.41, 5.74) is 2.23. The number of hydrogen-bond acceptors (Lipinski definition) is 4. The topological polar surface area (TPSA) is 82.1 Å². The Balaban J connectivity index is 1.83. The van der Waals surface area contributed by atoms with Crippen molar-refractivity contribution >= 4 is 17.5 Å². The van der Waals surface area contributed by atoms with E-state index in [9.17, 15) is 9.90 Å². The molecule has 0 saturated carbocycles. The number of aromatic nitrogens is 3. The zero-order chi connectivity index (χ0) is 20.6. The second-order valence-electron chi connectivity index (χ2n) is 7.84. The van der Waals surface area contributed by atoms with E-state index in [2.05, 4.69) is 9.97 Å². The maximum atomic E-state index is 13.2. The minimum Gasteiger partial charge on any atom is -0.506 e. The third kappa shape index (κ3) is 3.60. The van der Waals surface area contributed by atoms with Crippen molar-refractivity contribution in [1.29, 1.82) is 0 Å². The molecule has 7 heteroatoms. The van der Waals surface area contributed by atoms with Crippen molar-refractivity contribution in [2.45, 2.75) is 32.1 Å². The lowest BCUT2D eigenvalue weighted by Gasteiger charge is -2.27. The zero-order valence-corrected chi connectivity index (χ0v) is 17.2. The van der Waals surface area contributed by atoms with Crippen LogP contribution in [0.2, 0.25) is 5.02 Å². The van der Waals surface area contributed by atoms with E-state index in [1.54, 1.807) is 24.5 Å². The largest absolute Gasteiger partial charge is 0.506 e. The van der Waals surface area contributed by atoms with Crippen molar-refractivity contribution in [3.63, 3.8) is 0 Å². The maximum absolute atomic E-state index is 13.2. The molecule has 150 valence electrons. The van der Waals surface area contributed by atoms with Gasteiger partial charge >= 0.3 is 0 Å². The number of nitrogens with zero attached hydrogens (tertiary/aromatic N) is 3. The highest BCUT2D eigenvalue weighted by molar-refractivity contribution is 6.32. The van der Waals surface area contributed by atoms with Gasteiger partial charge in [-0.3, -0.25) is 9.78 Å². The van der Waals surface area contributed by atoms with Crippen molar-refractivity contribution in [3.8, 4) is 28.3 Å². The summed E-state index contributed by atoms with van der Waals surface area (Å²) < 4.78 is 0. The Bertz CT molecular complexity index is 1040. The van der Waals surface area contributed by atoms with E-state index in [0.29, 0.717) is 17.1 Å². The highest BCUT2D eigenvalue weighted by atomic mass is 35.5. The second kappa shape index (κ2) is 7.52. The number of phenols is 1. The van der Waals surface area contributed by atoms with Crippen LogP contribution in [0.3, 0.4) is 0 Å². The van der Waals surface area contributed by atoms with Crippen molar-refractivity contribution in [1.82, 2.24) is 19.9 Å². The number of aromatic amines is 1. The number of nitrogens with one attached hydrogen (secondary N) is 1. The summed E-state index contributed by atoms with van der Waals surface area (Å²) >= 11 is 5.98. The number of hydrogen-bond donors (Lipinski definition) is 2. The van der Waals surface area contributed by atoms with E-state index >= 15 is 0 Å². The Kier molecular flexibility index (Phi) is 5.04. The summed E-state index contributed by atoms with van der Waals surface area (Å²) in [7, 11) is 0. The van der Waals surface area contributed by atoms with E-state index < -0.39 is 5.41 Å². The van der Waals surface area contributed by atoms with Crippen molar-refractivity contribution in [3.05, 3.63) is 53.6 Å². The molecule has 0 aliphatic carbocycles. The Labute approximate surface area is 174 Å².